The Balaban J connectivity index is 0.995. The third kappa shape index (κ3) is 9.81. The number of ketones is 1. The number of halogens is 1. The van der Waals surface area contributed by atoms with Crippen LogP contribution in [0.4, 0.5) is 20.6 Å². The van der Waals surface area contributed by atoms with Gasteiger partial charge < -0.3 is 14.5 Å². The zero-order valence-electron chi connectivity index (χ0n) is 28.9. The number of nitrogens with zero attached hydrogens (tertiary/aromatic N) is 3. The highest BCUT2D eigenvalue weighted by Crippen LogP contribution is 2.50. The maximum absolute atomic E-state index is 13.2. The van der Waals surface area contributed by atoms with Crippen LogP contribution >= 0.6 is 0 Å². The molecule has 1 saturated heterocycles. The molecule has 0 spiro atoms. The van der Waals surface area contributed by atoms with Crippen molar-refractivity contribution in [2.45, 2.75) is 128 Å². The summed E-state index contributed by atoms with van der Waals surface area (Å²) < 4.78 is 19.0. The number of para-hydroxylation sites is 1. The highest BCUT2D eigenvalue weighted by molar-refractivity contribution is 5.96. The third-order valence-corrected chi connectivity index (χ3v) is 10.6. The van der Waals surface area contributed by atoms with Gasteiger partial charge in [0.1, 0.15) is 5.82 Å². The molecule has 47 heavy (non-hydrogen) atoms. The predicted molar refractivity (Wildman–Crippen MR) is 190 cm³/mol. The maximum atomic E-state index is 13.2. The lowest BCUT2D eigenvalue weighted by molar-refractivity contribution is 0.0971. The van der Waals surface area contributed by atoms with Gasteiger partial charge in [0.05, 0.1) is 18.0 Å². The number of amides is 1. The van der Waals surface area contributed by atoms with Gasteiger partial charge in [-0.1, -0.05) is 103 Å². The SMILES string of the molecule is CCCCCCCCCCCCCCCCOC(=O)N1CCN2c3c(cccc31)[C@@H]1CN(CCCC(=O)c3ccc(F)cc3)CC[C@@H]12. The van der Waals surface area contributed by atoms with E-state index in [-0.39, 0.29) is 17.7 Å². The van der Waals surface area contributed by atoms with Crippen molar-refractivity contribution in [3.05, 3.63) is 59.4 Å². The summed E-state index contributed by atoms with van der Waals surface area (Å²) in [6.45, 7) is 7.12. The van der Waals surface area contributed by atoms with E-state index in [4.69, 9.17) is 4.74 Å². The zero-order valence-corrected chi connectivity index (χ0v) is 28.9. The van der Waals surface area contributed by atoms with Crippen molar-refractivity contribution in [1.82, 2.24) is 4.90 Å². The molecule has 1 fully saturated rings. The fourth-order valence-electron chi connectivity index (χ4n) is 8.01. The Bertz CT molecular complexity index is 1270. The molecule has 1 amide bonds. The molecule has 3 heterocycles. The molecular formula is C40H58FN3O3. The Kier molecular flexibility index (Phi) is 14.0. The lowest BCUT2D eigenvalue weighted by Crippen LogP contribution is -2.50. The first-order valence-corrected chi connectivity index (χ1v) is 18.9. The molecule has 3 aliphatic rings. The number of likely N-dealkylation sites (tertiary alicyclic amines) is 1. The molecule has 0 unspecified atom stereocenters. The first kappa shape index (κ1) is 35.4. The number of carbonyl (C=O) groups is 2. The van der Waals surface area contributed by atoms with Crippen LogP contribution in [0.3, 0.4) is 0 Å². The standard InChI is InChI=1S/C40H58FN3O3/c1-2-3-4-5-6-7-8-9-10-11-12-13-14-15-30-47-40(46)44-29-28-43-36-25-27-42(31-35(36)34-18-16-19-37(44)39(34)43)26-17-20-38(45)32-21-23-33(41)24-22-32/h16,18-19,21-24,35-36H,2-15,17,20,25-31H2,1H3/t35-,36-/m0/s1. The quantitative estimate of drug-likeness (QED) is 0.106. The monoisotopic (exact) mass is 647 g/mol. The number of benzene rings is 2. The average molecular weight is 648 g/mol. The molecule has 0 saturated carbocycles. The van der Waals surface area contributed by atoms with E-state index < -0.39 is 0 Å². The van der Waals surface area contributed by atoms with Crippen LogP contribution < -0.4 is 9.80 Å². The molecule has 3 aliphatic heterocycles. The van der Waals surface area contributed by atoms with Gasteiger partial charge >= 0.3 is 6.09 Å². The molecular weight excluding hydrogens is 589 g/mol. The van der Waals surface area contributed by atoms with E-state index >= 15 is 0 Å². The van der Waals surface area contributed by atoms with Crippen LogP contribution in [0.5, 0.6) is 0 Å². The van der Waals surface area contributed by atoms with Crippen LogP contribution in [0.15, 0.2) is 42.5 Å². The minimum absolute atomic E-state index is 0.0733. The summed E-state index contributed by atoms with van der Waals surface area (Å²) in [5.41, 5.74) is 4.13. The van der Waals surface area contributed by atoms with Crippen molar-refractivity contribution in [2.24, 2.45) is 0 Å². The largest absolute Gasteiger partial charge is 0.449 e. The number of hydrogen-bond donors (Lipinski definition) is 0. The third-order valence-electron chi connectivity index (χ3n) is 10.6. The molecule has 0 aliphatic carbocycles. The van der Waals surface area contributed by atoms with E-state index in [1.807, 2.05) is 4.90 Å². The molecule has 0 aromatic heterocycles. The van der Waals surface area contributed by atoms with Crippen molar-refractivity contribution in [3.63, 3.8) is 0 Å². The Morgan fingerprint density at radius 2 is 1.45 bits per heavy atom. The second kappa shape index (κ2) is 18.6. The minimum atomic E-state index is -0.317. The number of rotatable bonds is 20. The van der Waals surface area contributed by atoms with Crippen molar-refractivity contribution >= 4 is 23.3 Å². The summed E-state index contributed by atoms with van der Waals surface area (Å²) in [6, 6.07) is 12.7. The Hall–Kier alpha value is -2.93. The lowest BCUT2D eigenvalue weighted by Gasteiger charge is -2.41. The van der Waals surface area contributed by atoms with E-state index in [9.17, 15) is 14.0 Å². The van der Waals surface area contributed by atoms with E-state index in [1.165, 1.54) is 100 Å². The number of unbranched alkanes of at least 4 members (excludes halogenated alkanes) is 13. The van der Waals surface area contributed by atoms with Crippen molar-refractivity contribution in [3.8, 4) is 0 Å². The van der Waals surface area contributed by atoms with Gasteiger partial charge in [-0.3, -0.25) is 9.69 Å². The summed E-state index contributed by atoms with van der Waals surface area (Å²) in [5.74, 6) is 0.157. The van der Waals surface area contributed by atoms with Gasteiger partial charge in [-0.15, -0.1) is 0 Å². The highest BCUT2D eigenvalue weighted by Gasteiger charge is 2.45. The number of Topliss-reactive ketones (excluding diaryl/α,β-unsaturated/α-hetero) is 1. The van der Waals surface area contributed by atoms with Crippen LogP contribution in [0.1, 0.15) is 138 Å². The summed E-state index contributed by atoms with van der Waals surface area (Å²) in [7, 11) is 0. The van der Waals surface area contributed by atoms with Crippen molar-refractivity contribution < 1.29 is 18.7 Å². The number of hydrogen-bond acceptors (Lipinski definition) is 5. The fraction of sp³-hybridized carbons (Fsp3) is 0.650. The van der Waals surface area contributed by atoms with E-state index in [0.29, 0.717) is 37.1 Å². The molecule has 0 N–H and O–H groups in total. The maximum Gasteiger partial charge on any atom is 0.414 e. The molecule has 2 atom stereocenters. The van der Waals surface area contributed by atoms with Crippen LogP contribution in [-0.4, -0.2) is 62.1 Å². The number of anilines is 2. The van der Waals surface area contributed by atoms with Gasteiger partial charge in [0.25, 0.3) is 0 Å². The number of fused-ring (bicyclic) bond motifs is 3. The summed E-state index contributed by atoms with van der Waals surface area (Å²) in [5, 5.41) is 0. The molecule has 7 heteroatoms. The smallest absolute Gasteiger partial charge is 0.414 e. The van der Waals surface area contributed by atoms with Crippen LogP contribution in [0.25, 0.3) is 0 Å². The zero-order chi connectivity index (χ0) is 32.8. The fourth-order valence-corrected chi connectivity index (χ4v) is 8.01. The van der Waals surface area contributed by atoms with Crippen molar-refractivity contribution in [1.29, 1.82) is 0 Å². The predicted octanol–water partition coefficient (Wildman–Crippen LogP) is 9.90. The molecule has 5 rings (SSSR count). The number of carbonyl (C=O) groups excluding carboxylic acids is 2. The van der Waals surface area contributed by atoms with Gasteiger partial charge in [-0.25, -0.2) is 9.18 Å². The van der Waals surface area contributed by atoms with Gasteiger partial charge in [-0.2, -0.15) is 0 Å². The first-order valence-electron chi connectivity index (χ1n) is 18.9. The normalized spacial score (nSPS) is 18.7. The van der Waals surface area contributed by atoms with Crippen molar-refractivity contribution in [2.75, 3.05) is 49.1 Å². The first-order chi connectivity index (χ1) is 23.1. The van der Waals surface area contributed by atoms with Gasteiger partial charge in [0, 0.05) is 50.1 Å². The van der Waals surface area contributed by atoms with E-state index in [2.05, 4.69) is 34.9 Å². The number of ether oxygens (including phenoxy) is 1. The molecule has 258 valence electrons. The second-order valence-electron chi connectivity index (χ2n) is 14.1. The average Bonchev–Trinajstić information content (AvgIpc) is 3.41. The van der Waals surface area contributed by atoms with Crippen LogP contribution in [0.2, 0.25) is 0 Å². The van der Waals surface area contributed by atoms with Gasteiger partial charge in [0.15, 0.2) is 5.78 Å². The molecule has 2 aromatic carbocycles. The molecule has 0 bridgehead atoms. The Morgan fingerprint density at radius 1 is 0.787 bits per heavy atom. The lowest BCUT2D eigenvalue weighted by atomic mass is 9.89. The van der Waals surface area contributed by atoms with E-state index in [0.717, 1.165) is 57.5 Å². The van der Waals surface area contributed by atoms with Gasteiger partial charge in [0.2, 0.25) is 0 Å². The minimum Gasteiger partial charge on any atom is -0.449 e. The van der Waals surface area contributed by atoms with E-state index in [1.54, 1.807) is 12.1 Å². The molecule has 0 radical (unpaired) electrons. The highest BCUT2D eigenvalue weighted by atomic mass is 19.1. The van der Waals surface area contributed by atoms with Gasteiger partial charge in [-0.05, 0) is 61.7 Å². The van der Waals surface area contributed by atoms with Crippen LogP contribution in [0, 0.1) is 5.82 Å². The molecule has 2 aromatic rings. The summed E-state index contributed by atoms with van der Waals surface area (Å²) in [6.07, 6.45) is 20.5. The summed E-state index contributed by atoms with van der Waals surface area (Å²) >= 11 is 0. The Labute approximate surface area is 283 Å². The Morgan fingerprint density at radius 3 is 2.13 bits per heavy atom. The second-order valence-corrected chi connectivity index (χ2v) is 14.1. The topological polar surface area (TPSA) is 53.1 Å². The molecule has 6 nitrogen and oxygen atoms in total. The summed E-state index contributed by atoms with van der Waals surface area (Å²) in [4.78, 5) is 32.7. The number of piperidine rings is 1. The van der Waals surface area contributed by atoms with Crippen LogP contribution in [-0.2, 0) is 4.74 Å².